The summed E-state index contributed by atoms with van der Waals surface area (Å²) < 4.78 is 7.70. The zero-order valence-corrected chi connectivity index (χ0v) is 23.3. The third-order valence-electron chi connectivity index (χ3n) is 6.42. The predicted octanol–water partition coefficient (Wildman–Crippen LogP) is 6.40. The highest BCUT2D eigenvalue weighted by molar-refractivity contribution is 7.09. The summed E-state index contributed by atoms with van der Waals surface area (Å²) in [7, 11) is 0. The molecule has 4 aromatic rings. The lowest BCUT2D eigenvalue weighted by Gasteiger charge is -2.22. The third kappa shape index (κ3) is 5.41. The fourth-order valence-corrected chi connectivity index (χ4v) is 4.90. The SMILES string of the molecule is Cc1nc(COc2ccn3c(C(=O)c4ccccc4)c(CC(C)(C)C(=O)O)c(C(=O)C(C)(C)C)c3c2)cs1. The van der Waals surface area contributed by atoms with Crippen molar-refractivity contribution in [2.75, 3.05) is 0 Å². The molecule has 3 aromatic heterocycles. The van der Waals surface area contributed by atoms with Gasteiger partial charge in [-0.2, -0.15) is 0 Å². The van der Waals surface area contributed by atoms with Gasteiger partial charge in [0.25, 0.3) is 0 Å². The van der Waals surface area contributed by atoms with Crippen LogP contribution in [-0.4, -0.2) is 32.0 Å². The second-order valence-electron chi connectivity index (χ2n) is 11.1. The summed E-state index contributed by atoms with van der Waals surface area (Å²) in [6, 6.07) is 12.3. The minimum Gasteiger partial charge on any atom is -0.487 e. The van der Waals surface area contributed by atoms with Gasteiger partial charge in [0, 0.05) is 34.2 Å². The first-order chi connectivity index (χ1) is 17.8. The van der Waals surface area contributed by atoms with Crippen molar-refractivity contribution in [3.8, 4) is 5.75 Å². The second kappa shape index (κ2) is 10.2. The molecule has 38 heavy (non-hydrogen) atoms. The molecule has 0 aliphatic carbocycles. The minimum absolute atomic E-state index is 0.00334. The Morgan fingerprint density at radius 3 is 2.32 bits per heavy atom. The van der Waals surface area contributed by atoms with Gasteiger partial charge in [0.1, 0.15) is 12.4 Å². The third-order valence-corrected chi connectivity index (χ3v) is 7.24. The number of carbonyl (C=O) groups is 3. The van der Waals surface area contributed by atoms with Crippen LogP contribution in [0.3, 0.4) is 0 Å². The maximum atomic E-state index is 13.9. The number of thiazole rings is 1. The maximum absolute atomic E-state index is 13.9. The van der Waals surface area contributed by atoms with Gasteiger partial charge < -0.3 is 14.2 Å². The number of carboxylic acid groups (broad SMARTS) is 1. The molecule has 0 unspecified atom stereocenters. The Hall–Kier alpha value is -3.78. The molecule has 0 spiro atoms. The lowest BCUT2D eigenvalue weighted by Crippen LogP contribution is -2.29. The molecule has 4 rings (SSSR count). The average molecular weight is 533 g/mol. The molecule has 3 heterocycles. The Bertz CT molecular complexity index is 1520. The number of hydrogen-bond donors (Lipinski definition) is 1. The van der Waals surface area contributed by atoms with Crippen molar-refractivity contribution >= 4 is 34.4 Å². The van der Waals surface area contributed by atoms with Crippen molar-refractivity contribution in [2.24, 2.45) is 10.8 Å². The Balaban J connectivity index is 1.96. The first kappa shape index (κ1) is 27.3. The Morgan fingerprint density at radius 1 is 1.05 bits per heavy atom. The highest BCUT2D eigenvalue weighted by atomic mass is 32.1. The van der Waals surface area contributed by atoms with E-state index in [-0.39, 0.29) is 30.3 Å². The predicted molar refractivity (Wildman–Crippen MR) is 147 cm³/mol. The Kier molecular flexibility index (Phi) is 7.30. The number of carboxylic acids is 1. The van der Waals surface area contributed by atoms with Gasteiger partial charge in [-0.1, -0.05) is 51.1 Å². The van der Waals surface area contributed by atoms with Crippen molar-refractivity contribution in [3.05, 3.63) is 87.1 Å². The van der Waals surface area contributed by atoms with Crippen molar-refractivity contribution < 1.29 is 24.2 Å². The number of rotatable bonds is 9. The van der Waals surface area contributed by atoms with E-state index in [1.807, 2.05) is 39.1 Å². The van der Waals surface area contributed by atoms with Gasteiger partial charge in [0.2, 0.25) is 5.78 Å². The molecule has 0 aliphatic rings. The van der Waals surface area contributed by atoms with Crippen LogP contribution in [0.4, 0.5) is 0 Å². The molecule has 0 amide bonds. The van der Waals surface area contributed by atoms with Crippen LogP contribution in [0.15, 0.2) is 54.0 Å². The molecule has 0 aliphatic heterocycles. The van der Waals surface area contributed by atoms with Gasteiger partial charge in [-0.05, 0) is 38.8 Å². The number of aromatic nitrogens is 2. The highest BCUT2D eigenvalue weighted by Gasteiger charge is 2.37. The van der Waals surface area contributed by atoms with Crippen LogP contribution in [0.1, 0.15) is 77.3 Å². The molecule has 8 heteroatoms. The van der Waals surface area contributed by atoms with E-state index < -0.39 is 16.8 Å². The van der Waals surface area contributed by atoms with E-state index in [0.29, 0.717) is 28.0 Å². The lowest BCUT2D eigenvalue weighted by molar-refractivity contribution is -0.146. The summed E-state index contributed by atoms with van der Waals surface area (Å²) in [6.07, 6.45) is 1.72. The summed E-state index contributed by atoms with van der Waals surface area (Å²) >= 11 is 1.54. The summed E-state index contributed by atoms with van der Waals surface area (Å²) in [5.41, 5.74) is 0.840. The Labute approximate surface area is 226 Å². The number of fused-ring (bicyclic) bond motifs is 1. The summed E-state index contributed by atoms with van der Waals surface area (Å²) in [4.78, 5) is 44.4. The van der Waals surface area contributed by atoms with Gasteiger partial charge >= 0.3 is 5.97 Å². The average Bonchev–Trinajstić information content (AvgIpc) is 3.41. The number of aryl methyl sites for hydroxylation is 1. The molecule has 7 nitrogen and oxygen atoms in total. The first-order valence-corrected chi connectivity index (χ1v) is 13.3. The summed E-state index contributed by atoms with van der Waals surface area (Å²) in [6.45, 7) is 10.8. The zero-order valence-electron chi connectivity index (χ0n) is 22.5. The molecule has 0 atom stereocenters. The largest absolute Gasteiger partial charge is 0.487 e. The van der Waals surface area contributed by atoms with Crippen LogP contribution in [0.25, 0.3) is 5.52 Å². The van der Waals surface area contributed by atoms with E-state index in [9.17, 15) is 19.5 Å². The number of ether oxygens (including phenoxy) is 1. The topological polar surface area (TPSA) is 98.0 Å². The molecule has 0 bridgehead atoms. The molecule has 198 valence electrons. The smallest absolute Gasteiger partial charge is 0.309 e. The normalized spacial score (nSPS) is 12.1. The molecule has 1 aromatic carbocycles. The Morgan fingerprint density at radius 2 is 1.74 bits per heavy atom. The van der Waals surface area contributed by atoms with E-state index in [0.717, 1.165) is 10.7 Å². The zero-order chi connectivity index (χ0) is 27.8. The van der Waals surface area contributed by atoms with Crippen molar-refractivity contribution in [1.29, 1.82) is 0 Å². The lowest BCUT2D eigenvalue weighted by atomic mass is 9.79. The number of aliphatic carboxylic acids is 1. The van der Waals surface area contributed by atoms with Crippen LogP contribution < -0.4 is 4.74 Å². The van der Waals surface area contributed by atoms with E-state index in [1.165, 1.54) is 11.3 Å². The molecule has 1 N–H and O–H groups in total. The number of Topliss-reactive ketones (excluding diaryl/α,β-unsaturated/α-hetero) is 1. The molecule has 0 radical (unpaired) electrons. The van der Waals surface area contributed by atoms with Gasteiger partial charge in [0.15, 0.2) is 5.78 Å². The van der Waals surface area contributed by atoms with Crippen molar-refractivity contribution in [1.82, 2.24) is 9.38 Å². The second-order valence-corrected chi connectivity index (χ2v) is 12.2. The van der Waals surface area contributed by atoms with Crippen molar-refractivity contribution in [3.63, 3.8) is 0 Å². The van der Waals surface area contributed by atoms with Gasteiger partial charge in [-0.25, -0.2) is 4.98 Å². The molecular formula is C30H32N2O5S. The van der Waals surface area contributed by atoms with Gasteiger partial charge in [-0.15, -0.1) is 11.3 Å². The van der Waals surface area contributed by atoms with Gasteiger partial charge in [-0.3, -0.25) is 14.4 Å². The van der Waals surface area contributed by atoms with E-state index in [1.54, 1.807) is 60.8 Å². The highest BCUT2D eigenvalue weighted by Crippen LogP contribution is 2.37. The standard InChI is InChI=1S/C30H32N2O5S/c1-18-31-20(17-38-18)16-37-21-12-13-32-23(14-21)24(27(34)29(2,3)4)22(15-30(5,6)28(35)36)25(32)26(33)19-10-8-7-9-11-19/h7-14,17H,15-16H2,1-6H3,(H,35,36). The number of hydrogen-bond acceptors (Lipinski definition) is 6. The van der Waals surface area contributed by atoms with Crippen LogP contribution in [0, 0.1) is 17.8 Å². The van der Waals surface area contributed by atoms with E-state index in [2.05, 4.69) is 4.98 Å². The molecule has 0 saturated heterocycles. The van der Waals surface area contributed by atoms with Crippen LogP contribution >= 0.6 is 11.3 Å². The van der Waals surface area contributed by atoms with Crippen LogP contribution in [0.5, 0.6) is 5.75 Å². The quantitative estimate of drug-likeness (QED) is 0.251. The first-order valence-electron chi connectivity index (χ1n) is 12.4. The minimum atomic E-state index is -1.22. The fraction of sp³-hybridized carbons (Fsp3) is 0.333. The number of pyridine rings is 1. The number of ketones is 2. The van der Waals surface area contributed by atoms with E-state index in [4.69, 9.17) is 4.74 Å². The number of carbonyl (C=O) groups excluding carboxylic acids is 2. The molecule has 0 fully saturated rings. The summed E-state index contributed by atoms with van der Waals surface area (Å²) in [5, 5.41) is 12.8. The monoisotopic (exact) mass is 532 g/mol. The maximum Gasteiger partial charge on any atom is 0.309 e. The number of benzene rings is 1. The van der Waals surface area contributed by atoms with Crippen molar-refractivity contribution in [2.45, 2.75) is 54.6 Å². The molecule has 0 saturated carbocycles. The van der Waals surface area contributed by atoms with Crippen LogP contribution in [0.2, 0.25) is 0 Å². The fourth-order valence-electron chi connectivity index (χ4n) is 4.30. The van der Waals surface area contributed by atoms with Gasteiger partial charge in [0.05, 0.1) is 27.3 Å². The molecular weight excluding hydrogens is 500 g/mol. The van der Waals surface area contributed by atoms with E-state index >= 15 is 0 Å². The number of nitrogens with zero attached hydrogens (tertiary/aromatic N) is 2. The van der Waals surface area contributed by atoms with Crippen LogP contribution in [-0.2, 0) is 17.8 Å². The summed E-state index contributed by atoms with van der Waals surface area (Å²) in [5.74, 6) is -0.948.